The van der Waals surface area contributed by atoms with Gasteiger partial charge >= 0.3 is 12.1 Å². The van der Waals surface area contributed by atoms with Crippen LogP contribution in [0.15, 0.2) is 30.3 Å². The second-order valence-corrected chi connectivity index (χ2v) is 4.77. The Morgan fingerprint density at radius 2 is 1.50 bits per heavy atom. The third-order valence-electron chi connectivity index (χ3n) is 1.81. The summed E-state index contributed by atoms with van der Waals surface area (Å²) in [4.78, 5) is 22.8. The summed E-state index contributed by atoms with van der Waals surface area (Å²) in [6.07, 6.45) is 0. The van der Waals surface area contributed by atoms with Crippen LogP contribution < -0.4 is 21.5 Å². The number of hydrogen-bond acceptors (Lipinski definition) is 2. The Morgan fingerprint density at radius 3 is 2.06 bits per heavy atom. The lowest BCUT2D eigenvalue weighted by Gasteiger charge is -2.20. The number of rotatable bonds is 1. The maximum Gasteiger partial charge on any atom is 0.337 e. The molecule has 0 atom stereocenters. The molecule has 98 valence electrons. The van der Waals surface area contributed by atoms with Gasteiger partial charge in [-0.15, -0.1) is 0 Å². The first-order chi connectivity index (χ1) is 8.37. The van der Waals surface area contributed by atoms with Crippen molar-refractivity contribution < 1.29 is 9.59 Å². The van der Waals surface area contributed by atoms with Gasteiger partial charge in [-0.3, -0.25) is 0 Å². The Labute approximate surface area is 106 Å². The standard InChI is InChI=1S/C12H18N4O2/c1-12(2,3)14-11(18)16-15-10(17)13-9-7-5-4-6-8-9/h4-8H,1-3H3,(H2,13,15,17)(H2,14,16,18). The van der Waals surface area contributed by atoms with E-state index >= 15 is 0 Å². The third-order valence-corrected chi connectivity index (χ3v) is 1.81. The minimum Gasteiger partial charge on any atom is -0.332 e. The zero-order chi connectivity index (χ0) is 13.6. The maximum absolute atomic E-state index is 11.4. The van der Waals surface area contributed by atoms with Gasteiger partial charge in [-0.2, -0.15) is 0 Å². The van der Waals surface area contributed by atoms with Crippen molar-refractivity contribution in [2.75, 3.05) is 5.32 Å². The minimum absolute atomic E-state index is 0.359. The molecule has 1 rings (SSSR count). The molecule has 18 heavy (non-hydrogen) atoms. The summed E-state index contributed by atoms with van der Waals surface area (Å²) >= 11 is 0. The molecule has 0 aliphatic rings. The molecule has 0 heterocycles. The maximum atomic E-state index is 11.4. The molecule has 0 aliphatic carbocycles. The number of amides is 4. The molecule has 6 heteroatoms. The van der Waals surface area contributed by atoms with Crippen molar-refractivity contribution in [3.05, 3.63) is 30.3 Å². The van der Waals surface area contributed by atoms with Crippen molar-refractivity contribution in [1.82, 2.24) is 16.2 Å². The molecule has 0 fully saturated rings. The molecule has 0 saturated carbocycles. The Bertz CT molecular complexity index is 412. The first-order valence-corrected chi connectivity index (χ1v) is 5.57. The van der Waals surface area contributed by atoms with E-state index in [2.05, 4.69) is 21.5 Å². The van der Waals surface area contributed by atoms with Crippen LogP contribution in [0.25, 0.3) is 0 Å². The van der Waals surface area contributed by atoms with Crippen LogP contribution in [-0.4, -0.2) is 17.6 Å². The predicted molar refractivity (Wildman–Crippen MR) is 70.0 cm³/mol. The Morgan fingerprint density at radius 1 is 0.944 bits per heavy atom. The number of benzene rings is 1. The third kappa shape index (κ3) is 5.74. The molecule has 0 aromatic heterocycles. The van der Waals surface area contributed by atoms with E-state index in [9.17, 15) is 9.59 Å². The first-order valence-electron chi connectivity index (χ1n) is 5.57. The van der Waals surface area contributed by atoms with E-state index < -0.39 is 12.1 Å². The predicted octanol–water partition coefficient (Wildman–Crippen LogP) is 1.82. The van der Waals surface area contributed by atoms with E-state index in [1.165, 1.54) is 0 Å². The summed E-state index contributed by atoms with van der Waals surface area (Å²) in [5, 5.41) is 5.21. The largest absolute Gasteiger partial charge is 0.337 e. The average molecular weight is 250 g/mol. The molecular weight excluding hydrogens is 232 g/mol. The van der Waals surface area contributed by atoms with Gasteiger partial charge in [0, 0.05) is 11.2 Å². The van der Waals surface area contributed by atoms with E-state index in [1.807, 2.05) is 26.8 Å². The number of para-hydroxylation sites is 1. The average Bonchev–Trinajstić information content (AvgIpc) is 2.25. The van der Waals surface area contributed by atoms with Gasteiger partial charge in [-0.05, 0) is 32.9 Å². The second kappa shape index (κ2) is 5.90. The number of carbonyl (C=O) groups is 2. The van der Waals surface area contributed by atoms with Crippen LogP contribution in [0.3, 0.4) is 0 Å². The molecule has 4 N–H and O–H groups in total. The molecule has 0 unspecified atom stereocenters. The van der Waals surface area contributed by atoms with Crippen molar-refractivity contribution in [1.29, 1.82) is 0 Å². The summed E-state index contributed by atoms with van der Waals surface area (Å²) in [6, 6.07) is 7.96. The van der Waals surface area contributed by atoms with Crippen LogP contribution in [0, 0.1) is 0 Å². The molecular formula is C12H18N4O2. The molecule has 0 radical (unpaired) electrons. The molecule has 4 amide bonds. The number of hydrazine groups is 1. The molecule has 6 nitrogen and oxygen atoms in total. The smallest absolute Gasteiger partial charge is 0.332 e. The van der Waals surface area contributed by atoms with Crippen molar-refractivity contribution in [2.24, 2.45) is 0 Å². The fourth-order valence-electron chi connectivity index (χ4n) is 1.17. The molecule has 1 aromatic carbocycles. The van der Waals surface area contributed by atoms with Gasteiger partial charge in [0.25, 0.3) is 0 Å². The van der Waals surface area contributed by atoms with E-state index in [0.717, 1.165) is 0 Å². The van der Waals surface area contributed by atoms with Crippen LogP contribution >= 0.6 is 0 Å². The zero-order valence-electron chi connectivity index (χ0n) is 10.7. The van der Waals surface area contributed by atoms with E-state index in [0.29, 0.717) is 5.69 Å². The first kappa shape index (κ1) is 13.8. The highest BCUT2D eigenvalue weighted by atomic mass is 16.2. The lowest BCUT2D eigenvalue weighted by atomic mass is 10.1. The topological polar surface area (TPSA) is 82.3 Å². The lowest BCUT2D eigenvalue weighted by Crippen LogP contribution is -2.53. The van der Waals surface area contributed by atoms with E-state index in [-0.39, 0.29) is 5.54 Å². The van der Waals surface area contributed by atoms with Crippen LogP contribution in [0.2, 0.25) is 0 Å². The molecule has 0 aliphatic heterocycles. The number of urea groups is 2. The minimum atomic E-state index is -0.509. The van der Waals surface area contributed by atoms with Crippen LogP contribution in [0.5, 0.6) is 0 Å². The van der Waals surface area contributed by atoms with Crippen molar-refractivity contribution in [3.8, 4) is 0 Å². The van der Waals surface area contributed by atoms with Crippen molar-refractivity contribution in [3.63, 3.8) is 0 Å². The Hall–Kier alpha value is -2.24. The summed E-state index contributed by atoms with van der Waals surface area (Å²) in [6.45, 7) is 5.53. The van der Waals surface area contributed by atoms with E-state index in [1.54, 1.807) is 24.3 Å². The number of nitrogens with one attached hydrogen (secondary N) is 4. The summed E-state index contributed by atoms with van der Waals surface area (Å²) in [5.74, 6) is 0. The molecule has 0 spiro atoms. The fraction of sp³-hybridized carbons (Fsp3) is 0.333. The quantitative estimate of drug-likeness (QED) is 0.573. The number of carbonyl (C=O) groups excluding carboxylic acids is 2. The van der Waals surface area contributed by atoms with E-state index in [4.69, 9.17) is 0 Å². The van der Waals surface area contributed by atoms with Crippen molar-refractivity contribution in [2.45, 2.75) is 26.3 Å². The normalized spacial score (nSPS) is 10.4. The lowest BCUT2D eigenvalue weighted by molar-refractivity contribution is 0.222. The van der Waals surface area contributed by atoms with Crippen LogP contribution in [0.1, 0.15) is 20.8 Å². The second-order valence-electron chi connectivity index (χ2n) is 4.77. The van der Waals surface area contributed by atoms with Gasteiger partial charge in [0.2, 0.25) is 0 Å². The highest BCUT2D eigenvalue weighted by molar-refractivity contribution is 5.90. The summed E-state index contributed by atoms with van der Waals surface area (Å²) in [7, 11) is 0. The monoisotopic (exact) mass is 250 g/mol. The fourth-order valence-corrected chi connectivity index (χ4v) is 1.17. The van der Waals surface area contributed by atoms with Crippen LogP contribution in [0.4, 0.5) is 15.3 Å². The van der Waals surface area contributed by atoms with Crippen LogP contribution in [-0.2, 0) is 0 Å². The Kier molecular flexibility index (Phi) is 4.53. The van der Waals surface area contributed by atoms with Gasteiger partial charge in [0.15, 0.2) is 0 Å². The highest BCUT2D eigenvalue weighted by Gasteiger charge is 2.13. The Balaban J connectivity index is 2.32. The van der Waals surface area contributed by atoms with Gasteiger partial charge in [0.05, 0.1) is 0 Å². The SMILES string of the molecule is CC(C)(C)NC(=O)NNC(=O)Nc1ccccc1. The molecule has 1 aromatic rings. The summed E-state index contributed by atoms with van der Waals surface area (Å²) in [5.41, 5.74) is 4.78. The summed E-state index contributed by atoms with van der Waals surface area (Å²) < 4.78 is 0. The van der Waals surface area contributed by atoms with Gasteiger partial charge in [-0.25, -0.2) is 20.4 Å². The van der Waals surface area contributed by atoms with Gasteiger partial charge < -0.3 is 10.6 Å². The molecule has 0 bridgehead atoms. The number of hydrogen-bond donors (Lipinski definition) is 4. The number of anilines is 1. The zero-order valence-corrected chi connectivity index (χ0v) is 10.7. The van der Waals surface area contributed by atoms with Gasteiger partial charge in [0.1, 0.15) is 0 Å². The van der Waals surface area contributed by atoms with Crippen molar-refractivity contribution >= 4 is 17.7 Å². The van der Waals surface area contributed by atoms with Gasteiger partial charge in [-0.1, -0.05) is 18.2 Å². The molecule has 0 saturated heterocycles. The highest BCUT2D eigenvalue weighted by Crippen LogP contribution is 2.03.